The first-order valence-corrected chi connectivity index (χ1v) is 5.97. The molecule has 0 unspecified atom stereocenters. The van der Waals surface area contributed by atoms with Crippen molar-refractivity contribution in [2.75, 3.05) is 38.3 Å². The van der Waals surface area contributed by atoms with Gasteiger partial charge >= 0.3 is 5.97 Å². The molecule has 6 heteroatoms. The first kappa shape index (κ1) is 14.9. The lowest BCUT2D eigenvalue weighted by Crippen LogP contribution is -2.33. The lowest BCUT2D eigenvalue weighted by atomic mass is 10.3. The van der Waals surface area contributed by atoms with Gasteiger partial charge in [-0.05, 0) is 19.1 Å². The molecule has 0 saturated heterocycles. The minimum absolute atomic E-state index is 0.117. The number of pyridine rings is 1. The Balaban J connectivity index is 2.82. The van der Waals surface area contributed by atoms with Crippen molar-refractivity contribution in [1.82, 2.24) is 4.98 Å². The van der Waals surface area contributed by atoms with Gasteiger partial charge in [0.2, 0.25) is 0 Å². The summed E-state index contributed by atoms with van der Waals surface area (Å²) in [6, 6.07) is 5.35. The number of ether oxygens (including phenoxy) is 2. The molecule has 1 aromatic heterocycles. The van der Waals surface area contributed by atoms with Gasteiger partial charge in [-0.3, -0.25) is 4.79 Å². The van der Waals surface area contributed by atoms with Crippen LogP contribution >= 0.6 is 0 Å². The van der Waals surface area contributed by atoms with Gasteiger partial charge in [0, 0.05) is 25.5 Å². The first-order chi connectivity index (χ1) is 9.21. The number of carbonyl (C=O) groups excluding carboxylic acids is 1. The molecule has 6 nitrogen and oxygen atoms in total. The van der Waals surface area contributed by atoms with Gasteiger partial charge in [-0.2, -0.15) is 5.26 Å². The highest BCUT2D eigenvalue weighted by Crippen LogP contribution is 2.14. The molecular weight excluding hydrogens is 246 g/mol. The number of anilines is 1. The van der Waals surface area contributed by atoms with E-state index in [2.05, 4.69) is 4.98 Å². The Morgan fingerprint density at radius 3 is 3.00 bits per heavy atom. The quantitative estimate of drug-likeness (QED) is 0.682. The molecular formula is C13H17N3O3. The van der Waals surface area contributed by atoms with E-state index in [1.165, 1.54) is 0 Å². The average molecular weight is 263 g/mol. The maximum Gasteiger partial charge on any atom is 0.325 e. The van der Waals surface area contributed by atoms with Gasteiger partial charge < -0.3 is 14.4 Å². The van der Waals surface area contributed by atoms with Crippen LogP contribution in [-0.2, 0) is 14.3 Å². The zero-order valence-electron chi connectivity index (χ0n) is 11.1. The minimum atomic E-state index is -0.311. The minimum Gasteiger partial charge on any atom is -0.465 e. The van der Waals surface area contributed by atoms with Crippen molar-refractivity contribution in [2.45, 2.75) is 6.92 Å². The summed E-state index contributed by atoms with van der Waals surface area (Å²) in [7, 11) is 1.59. The van der Waals surface area contributed by atoms with Crippen molar-refractivity contribution in [3.63, 3.8) is 0 Å². The number of hydrogen-bond acceptors (Lipinski definition) is 6. The molecule has 0 aliphatic rings. The van der Waals surface area contributed by atoms with Crippen molar-refractivity contribution >= 4 is 11.7 Å². The fourth-order valence-electron chi connectivity index (χ4n) is 1.54. The molecule has 0 fully saturated rings. The molecule has 0 bridgehead atoms. The summed E-state index contributed by atoms with van der Waals surface area (Å²) in [4.78, 5) is 17.3. The summed E-state index contributed by atoms with van der Waals surface area (Å²) >= 11 is 0. The summed E-state index contributed by atoms with van der Waals surface area (Å²) in [6.45, 7) is 3.23. The second-order valence-electron chi connectivity index (χ2n) is 3.73. The predicted molar refractivity (Wildman–Crippen MR) is 69.7 cm³/mol. The molecule has 0 aliphatic heterocycles. The van der Waals surface area contributed by atoms with E-state index in [0.717, 1.165) is 5.69 Å². The lowest BCUT2D eigenvalue weighted by molar-refractivity contribution is -0.141. The fourth-order valence-corrected chi connectivity index (χ4v) is 1.54. The van der Waals surface area contributed by atoms with Crippen molar-refractivity contribution in [3.8, 4) is 6.07 Å². The lowest BCUT2D eigenvalue weighted by Gasteiger charge is -2.23. The number of nitriles is 1. The number of esters is 1. The van der Waals surface area contributed by atoms with Gasteiger partial charge in [-0.15, -0.1) is 0 Å². The Bertz CT molecular complexity index is 457. The zero-order chi connectivity index (χ0) is 14.1. The number of methoxy groups -OCH3 is 1. The van der Waals surface area contributed by atoms with Crippen LogP contribution in [0.15, 0.2) is 18.3 Å². The van der Waals surface area contributed by atoms with Crippen molar-refractivity contribution in [2.24, 2.45) is 0 Å². The molecule has 0 aromatic carbocycles. The third kappa shape index (κ3) is 4.94. The van der Waals surface area contributed by atoms with Gasteiger partial charge in [0.25, 0.3) is 0 Å². The smallest absolute Gasteiger partial charge is 0.325 e. The molecule has 0 aliphatic carbocycles. The first-order valence-electron chi connectivity index (χ1n) is 5.97. The van der Waals surface area contributed by atoms with E-state index in [0.29, 0.717) is 25.5 Å². The largest absolute Gasteiger partial charge is 0.465 e. The van der Waals surface area contributed by atoms with E-state index in [4.69, 9.17) is 14.7 Å². The number of rotatable bonds is 7. The number of hydrogen-bond donors (Lipinski definition) is 0. The van der Waals surface area contributed by atoms with Crippen LogP contribution in [0, 0.1) is 11.3 Å². The van der Waals surface area contributed by atoms with Gasteiger partial charge in [-0.25, -0.2) is 4.98 Å². The van der Waals surface area contributed by atoms with Crippen LogP contribution in [0.25, 0.3) is 0 Å². The third-order valence-electron chi connectivity index (χ3n) is 2.41. The molecule has 1 aromatic rings. The van der Waals surface area contributed by atoms with Crippen molar-refractivity contribution < 1.29 is 14.3 Å². The number of carbonyl (C=O) groups is 1. The SMILES string of the molecule is CCOC(=O)CN(CCOC)c1ccnc(C#N)c1. The van der Waals surface area contributed by atoms with Crippen LogP contribution in [0.5, 0.6) is 0 Å². The van der Waals surface area contributed by atoms with E-state index >= 15 is 0 Å². The van der Waals surface area contributed by atoms with Gasteiger partial charge in [0.05, 0.1) is 13.2 Å². The highest BCUT2D eigenvalue weighted by Gasteiger charge is 2.13. The Labute approximate surface area is 112 Å². The van der Waals surface area contributed by atoms with Gasteiger partial charge in [0.15, 0.2) is 0 Å². The summed E-state index contributed by atoms with van der Waals surface area (Å²) < 4.78 is 9.95. The van der Waals surface area contributed by atoms with Crippen molar-refractivity contribution in [3.05, 3.63) is 24.0 Å². The van der Waals surface area contributed by atoms with Crippen LogP contribution in [0.2, 0.25) is 0 Å². The van der Waals surface area contributed by atoms with Crippen LogP contribution in [0.3, 0.4) is 0 Å². The van der Waals surface area contributed by atoms with Crippen LogP contribution in [0.1, 0.15) is 12.6 Å². The molecule has 0 amide bonds. The van der Waals surface area contributed by atoms with Crippen molar-refractivity contribution in [1.29, 1.82) is 5.26 Å². The van der Waals surface area contributed by atoms with Crippen LogP contribution in [0.4, 0.5) is 5.69 Å². The molecule has 0 spiro atoms. The Morgan fingerprint density at radius 2 is 2.37 bits per heavy atom. The van der Waals surface area contributed by atoms with Gasteiger partial charge in [0.1, 0.15) is 18.3 Å². The molecule has 19 heavy (non-hydrogen) atoms. The van der Waals surface area contributed by atoms with Crippen LogP contribution in [-0.4, -0.2) is 44.4 Å². The van der Waals surface area contributed by atoms with E-state index in [1.807, 2.05) is 6.07 Å². The molecule has 0 radical (unpaired) electrons. The third-order valence-corrected chi connectivity index (χ3v) is 2.41. The molecule has 0 N–H and O–H groups in total. The summed E-state index contributed by atoms with van der Waals surface area (Å²) in [6.07, 6.45) is 1.54. The average Bonchev–Trinajstić information content (AvgIpc) is 2.43. The highest BCUT2D eigenvalue weighted by atomic mass is 16.5. The predicted octanol–water partition coefficient (Wildman–Crippen LogP) is 0.969. The molecule has 102 valence electrons. The second-order valence-corrected chi connectivity index (χ2v) is 3.73. The number of nitrogens with zero attached hydrogens (tertiary/aromatic N) is 3. The molecule has 0 saturated carbocycles. The molecule has 0 atom stereocenters. The fraction of sp³-hybridized carbons (Fsp3) is 0.462. The normalized spacial score (nSPS) is 9.74. The Kier molecular flexibility index (Phi) is 6.33. The van der Waals surface area contributed by atoms with Gasteiger partial charge in [-0.1, -0.05) is 0 Å². The summed E-state index contributed by atoms with van der Waals surface area (Å²) in [5.74, 6) is -0.311. The molecule has 1 heterocycles. The summed E-state index contributed by atoms with van der Waals surface area (Å²) in [5, 5.41) is 8.84. The number of aromatic nitrogens is 1. The monoisotopic (exact) mass is 263 g/mol. The summed E-state index contributed by atoms with van der Waals surface area (Å²) in [5.41, 5.74) is 1.06. The Hall–Kier alpha value is -2.13. The maximum atomic E-state index is 11.6. The van der Waals surface area contributed by atoms with E-state index in [1.54, 1.807) is 37.3 Å². The molecule has 1 rings (SSSR count). The van der Waals surface area contributed by atoms with E-state index < -0.39 is 0 Å². The zero-order valence-corrected chi connectivity index (χ0v) is 11.1. The van der Waals surface area contributed by atoms with E-state index in [9.17, 15) is 4.79 Å². The second kappa shape index (κ2) is 8.06. The maximum absolute atomic E-state index is 11.6. The van der Waals surface area contributed by atoms with Crippen LogP contribution < -0.4 is 4.90 Å². The Morgan fingerprint density at radius 1 is 1.58 bits per heavy atom. The topological polar surface area (TPSA) is 75.4 Å². The highest BCUT2D eigenvalue weighted by molar-refractivity contribution is 5.75. The standard InChI is InChI=1S/C13H17N3O3/c1-3-19-13(17)10-16(6-7-18-2)12-4-5-15-11(8-12)9-14/h4-5,8H,3,6-7,10H2,1-2H3. The van der Waals surface area contributed by atoms with E-state index in [-0.39, 0.29) is 12.5 Å².